The van der Waals surface area contributed by atoms with E-state index < -0.39 is 129 Å². The predicted octanol–water partition coefficient (Wildman–Crippen LogP) is 10.9. The lowest BCUT2D eigenvalue weighted by Gasteiger charge is -2.51. The van der Waals surface area contributed by atoms with Crippen molar-refractivity contribution >= 4 is 11.9 Å². The summed E-state index contributed by atoms with van der Waals surface area (Å²) in [6.45, 7) is 29.8. The van der Waals surface area contributed by atoms with E-state index in [9.17, 15) is 14.7 Å². The van der Waals surface area contributed by atoms with Crippen LogP contribution in [0.15, 0.2) is 0 Å². The van der Waals surface area contributed by atoms with Gasteiger partial charge in [0.25, 0.3) is 0 Å². The van der Waals surface area contributed by atoms with Crippen molar-refractivity contribution in [3.63, 3.8) is 0 Å². The highest BCUT2D eigenvalue weighted by Gasteiger charge is 2.58. The Morgan fingerprint density at radius 3 is 1.03 bits per heavy atom. The Hall–Kier alpha value is -1.78. The van der Waals surface area contributed by atoms with Gasteiger partial charge < -0.3 is 95.1 Å². The molecule has 4 saturated heterocycles. The summed E-state index contributed by atoms with van der Waals surface area (Å²) in [5.74, 6) is -1.51. The van der Waals surface area contributed by atoms with Gasteiger partial charge in [-0.05, 0) is 64.2 Å². The number of carbonyl (C=O) groups is 2. The van der Waals surface area contributed by atoms with Gasteiger partial charge in [-0.1, -0.05) is 140 Å². The van der Waals surface area contributed by atoms with Crippen LogP contribution in [0, 0.1) is 5.92 Å². The molecule has 4 aliphatic heterocycles. The number of esters is 2. The summed E-state index contributed by atoms with van der Waals surface area (Å²) in [5.41, 5.74) is 0. The van der Waals surface area contributed by atoms with Crippen molar-refractivity contribution in [1.29, 1.82) is 0 Å². The van der Waals surface area contributed by atoms with Crippen molar-refractivity contribution in [2.45, 2.75) is 335 Å². The van der Waals surface area contributed by atoms with E-state index in [2.05, 4.69) is 69.2 Å². The van der Waals surface area contributed by atoms with E-state index in [-0.39, 0.29) is 39.0 Å². The molecule has 4 heterocycles. The lowest BCUT2D eigenvalue weighted by atomic mass is 9.91. The number of carbonyl (C=O) groups excluding carboxylic acids is 2. The molecule has 0 amide bonds. The fourth-order valence-electron chi connectivity index (χ4n) is 11.3. The van der Waals surface area contributed by atoms with Crippen LogP contribution in [0.1, 0.15) is 218 Å². The van der Waals surface area contributed by atoms with E-state index in [0.29, 0.717) is 65.9 Å². The zero-order valence-corrected chi connectivity index (χ0v) is 58.6. The van der Waals surface area contributed by atoms with Crippen molar-refractivity contribution in [2.24, 2.45) is 5.92 Å². The Bertz CT molecular complexity index is 1810. The Balaban J connectivity index is 1.97. The minimum absolute atomic E-state index is 0.110. The third-order valence-electron chi connectivity index (χ3n) is 16.8. The molecule has 0 aromatic heterocycles. The van der Waals surface area contributed by atoms with E-state index in [4.69, 9.17) is 90.0 Å². The third kappa shape index (κ3) is 28.3. The number of hydrogen-bond donors (Lipinski definition) is 1. The van der Waals surface area contributed by atoms with Crippen LogP contribution >= 0.6 is 0 Å². The molecule has 0 radical (unpaired) electrons. The van der Waals surface area contributed by atoms with Gasteiger partial charge in [0.05, 0.1) is 32.5 Å². The van der Waals surface area contributed by atoms with Crippen molar-refractivity contribution < 1.29 is 105 Å². The number of ether oxygens (including phenoxy) is 19. The fraction of sp³-hybridized carbons (Fsp3) is 0.971. The summed E-state index contributed by atoms with van der Waals surface area (Å²) >= 11 is 0. The van der Waals surface area contributed by atoms with Gasteiger partial charge in [-0.2, -0.15) is 0 Å². The Labute approximate surface area is 548 Å². The molecule has 0 bridgehead atoms. The maximum absolute atomic E-state index is 13.5. The number of unbranched alkanes of at least 4 members (excludes halogenated alkanes) is 10. The number of aliphatic hydroxyl groups excluding tert-OH is 1. The van der Waals surface area contributed by atoms with Crippen LogP contribution in [0.25, 0.3) is 0 Å². The molecule has 4 fully saturated rings. The van der Waals surface area contributed by atoms with Crippen LogP contribution in [0.3, 0.4) is 0 Å². The summed E-state index contributed by atoms with van der Waals surface area (Å²) < 4.78 is 128. The highest BCUT2D eigenvalue weighted by molar-refractivity contribution is 5.66. The van der Waals surface area contributed by atoms with Gasteiger partial charge in [0, 0.05) is 85.8 Å². The van der Waals surface area contributed by atoms with Crippen LogP contribution in [0.2, 0.25) is 0 Å². The van der Waals surface area contributed by atoms with Crippen molar-refractivity contribution in [3.05, 3.63) is 0 Å². The Morgan fingerprint density at radius 1 is 0.308 bits per heavy atom. The van der Waals surface area contributed by atoms with E-state index >= 15 is 0 Å². The highest BCUT2D eigenvalue weighted by atomic mass is 16.8. The molecule has 1 N–H and O–H groups in total. The largest absolute Gasteiger partial charge is 0.454 e. The summed E-state index contributed by atoms with van der Waals surface area (Å²) in [6.07, 6.45) is -2.54. The van der Waals surface area contributed by atoms with Crippen LogP contribution in [-0.2, 0) is 99.6 Å². The average molecular weight is 1310 g/mol. The monoisotopic (exact) mass is 1310 g/mol. The van der Waals surface area contributed by atoms with E-state index in [1.165, 1.54) is 13.8 Å². The normalized spacial score (nSPS) is 32.1. The molecule has 91 heavy (non-hydrogen) atoms. The first kappa shape index (κ1) is 81.6. The third-order valence-corrected chi connectivity index (χ3v) is 16.8. The second-order valence-corrected chi connectivity index (χ2v) is 24.8. The lowest BCUT2D eigenvalue weighted by Crippen LogP contribution is -2.68. The van der Waals surface area contributed by atoms with Gasteiger partial charge in [0.2, 0.25) is 0 Å². The van der Waals surface area contributed by atoms with Gasteiger partial charge >= 0.3 is 11.9 Å². The number of hydrogen-bond acceptors (Lipinski definition) is 22. The quantitative estimate of drug-likeness (QED) is 0.0441. The predicted molar refractivity (Wildman–Crippen MR) is 343 cm³/mol. The molecule has 0 saturated carbocycles. The standard InChI is InChI=1S/C69H128O22/c1-14-24-34-73-44-52-57(77-38-28-18-5)61(79-40-30-20-7)64(84-49(12)70)67(88-52)83-47-51-55(72)60(91-69-65(85-50(13)71)62(80-41-31-21-8)58(78-39-29-19-6)53(89-69)45-74-35-25-15-2)63(81-42-32-22-9)68(86-51)90-59-54(46-75-36-26-16-3)87-66(82-43-33-23-10)48(11)56(59)76-37-27-17-4/h48,51-69,72H,14-47H2,1-13H3/t48-,51?,52?,53?,54?,55+,56?,57+,58-,59+,60?,61?,62?,63?,64+,65-,66+,67-,68-,69-/m0/s1. The average Bonchev–Trinajstić information content (AvgIpc) is 1.58. The molecular weight excluding hydrogens is 1180 g/mol. The second kappa shape index (κ2) is 48.8. The molecule has 0 aromatic rings. The maximum Gasteiger partial charge on any atom is 0.303 e. The van der Waals surface area contributed by atoms with Crippen LogP contribution < -0.4 is 0 Å². The molecule has 4 aliphatic rings. The topological polar surface area (TPSA) is 230 Å². The minimum atomic E-state index is -1.57. The lowest BCUT2D eigenvalue weighted by molar-refractivity contribution is -0.390. The minimum Gasteiger partial charge on any atom is -0.454 e. The van der Waals surface area contributed by atoms with E-state index in [1.807, 2.05) is 6.92 Å². The first-order valence-corrected chi connectivity index (χ1v) is 35.9. The molecule has 4 rings (SSSR count). The van der Waals surface area contributed by atoms with Gasteiger partial charge in [0.15, 0.2) is 37.4 Å². The molecule has 0 spiro atoms. The number of aliphatic hydroxyl groups is 1. The molecule has 0 aliphatic carbocycles. The Kier molecular flexibility index (Phi) is 43.8. The van der Waals surface area contributed by atoms with E-state index in [0.717, 1.165) is 122 Å². The second-order valence-electron chi connectivity index (χ2n) is 24.8. The van der Waals surface area contributed by atoms with Gasteiger partial charge in [-0.15, -0.1) is 0 Å². The van der Waals surface area contributed by atoms with Gasteiger partial charge in [-0.25, -0.2) is 0 Å². The summed E-state index contributed by atoms with van der Waals surface area (Å²) in [7, 11) is 0. The van der Waals surface area contributed by atoms with Crippen LogP contribution in [0.5, 0.6) is 0 Å². The first-order chi connectivity index (χ1) is 44.3. The molecule has 9 unspecified atom stereocenters. The Morgan fingerprint density at radius 2 is 0.615 bits per heavy atom. The molecule has 0 aromatic carbocycles. The smallest absolute Gasteiger partial charge is 0.303 e. The van der Waals surface area contributed by atoms with Crippen LogP contribution in [0.4, 0.5) is 0 Å². The molecule has 22 heteroatoms. The summed E-state index contributed by atoms with van der Waals surface area (Å²) in [6, 6.07) is 0. The molecule has 536 valence electrons. The summed E-state index contributed by atoms with van der Waals surface area (Å²) in [4.78, 5) is 26.7. The molecule has 22 nitrogen and oxygen atoms in total. The number of rotatable bonds is 52. The van der Waals surface area contributed by atoms with Gasteiger partial charge in [-0.3, -0.25) is 9.59 Å². The fourth-order valence-corrected chi connectivity index (χ4v) is 11.3. The maximum atomic E-state index is 13.5. The van der Waals surface area contributed by atoms with Crippen molar-refractivity contribution in [1.82, 2.24) is 0 Å². The SMILES string of the molecule is CCCCOCC1O[C@H](OCC2O[C@@H](O[C@@H]3C(COCCCC)O[C@@H](OCCCC)[C@@H](C)C3OCCCC)C(OCCCC)C(O[C@@H]3OC(COCCCC)[C@H](OCCCC)C(OCCCC)[C@@H]3OC(C)=O)[C@@H]2O)[C@H](OC(C)=O)C(OCCCC)[C@@H]1OCCCC. The van der Waals surface area contributed by atoms with Crippen LogP contribution in [-0.4, -0.2) is 226 Å². The summed E-state index contributed by atoms with van der Waals surface area (Å²) in [5, 5.41) is 13.3. The zero-order valence-electron chi connectivity index (χ0n) is 58.6. The highest BCUT2D eigenvalue weighted by Crippen LogP contribution is 2.39. The van der Waals surface area contributed by atoms with Gasteiger partial charge in [0.1, 0.15) is 73.2 Å². The first-order valence-electron chi connectivity index (χ1n) is 35.9. The van der Waals surface area contributed by atoms with Crippen molar-refractivity contribution in [2.75, 3.05) is 92.5 Å². The molecule has 20 atom stereocenters. The van der Waals surface area contributed by atoms with Crippen molar-refractivity contribution in [3.8, 4) is 0 Å². The zero-order chi connectivity index (χ0) is 66.2. The molecular formula is C69H128O22. The van der Waals surface area contributed by atoms with E-state index in [1.54, 1.807) is 0 Å².